The Morgan fingerprint density at radius 3 is 2.60 bits per heavy atom. The molecule has 2 nitrogen and oxygen atoms in total. The van der Waals surface area contributed by atoms with Gasteiger partial charge in [0.2, 0.25) is 0 Å². The molecule has 100 valence electrons. The van der Waals surface area contributed by atoms with Crippen molar-refractivity contribution in [1.29, 1.82) is 0 Å². The van der Waals surface area contributed by atoms with Gasteiger partial charge in [0.05, 0.1) is 10.8 Å². The molecule has 0 aliphatic carbocycles. The van der Waals surface area contributed by atoms with Crippen molar-refractivity contribution >= 4 is 28.4 Å². The van der Waals surface area contributed by atoms with Gasteiger partial charge < -0.3 is 4.98 Å². The van der Waals surface area contributed by atoms with E-state index in [1.807, 2.05) is 30.3 Å². The van der Waals surface area contributed by atoms with E-state index in [1.54, 1.807) is 0 Å². The summed E-state index contributed by atoms with van der Waals surface area (Å²) < 4.78 is 12.8. The minimum atomic E-state index is -0.329. The Hall–Kier alpha value is -2.07. The lowest BCUT2D eigenvalue weighted by molar-refractivity contribution is 0.102. The molecule has 0 aliphatic rings. The van der Waals surface area contributed by atoms with Gasteiger partial charge in [-0.3, -0.25) is 4.79 Å². The first kappa shape index (κ1) is 12.9. The van der Waals surface area contributed by atoms with Crippen LogP contribution < -0.4 is 0 Å². The minimum Gasteiger partial charge on any atom is -0.350 e. The van der Waals surface area contributed by atoms with Crippen LogP contribution in [-0.2, 0) is 0 Å². The summed E-state index contributed by atoms with van der Waals surface area (Å²) in [6.07, 6.45) is 0. The van der Waals surface area contributed by atoms with Crippen LogP contribution in [0.2, 0.25) is 0 Å². The van der Waals surface area contributed by atoms with E-state index < -0.39 is 0 Å². The Balaban J connectivity index is 1.69. The van der Waals surface area contributed by atoms with Gasteiger partial charge in [-0.1, -0.05) is 18.2 Å². The highest BCUT2D eigenvalue weighted by Crippen LogP contribution is 2.23. The summed E-state index contributed by atoms with van der Waals surface area (Å²) in [4.78, 5) is 15.2. The van der Waals surface area contributed by atoms with Crippen molar-refractivity contribution < 1.29 is 9.18 Å². The fraction of sp³-hybridized carbons (Fsp3) is 0.0625. The highest BCUT2D eigenvalue weighted by atomic mass is 32.2. The van der Waals surface area contributed by atoms with Crippen molar-refractivity contribution in [1.82, 2.24) is 4.98 Å². The Morgan fingerprint density at radius 1 is 1.10 bits per heavy atom. The topological polar surface area (TPSA) is 32.9 Å². The van der Waals surface area contributed by atoms with Crippen LogP contribution in [0.5, 0.6) is 0 Å². The maximum atomic E-state index is 12.8. The number of benzene rings is 2. The van der Waals surface area contributed by atoms with E-state index in [1.165, 1.54) is 36.0 Å². The number of thioether (sulfide) groups is 1. The molecular formula is C16H12FNOS. The molecule has 0 saturated heterocycles. The van der Waals surface area contributed by atoms with Crippen LogP contribution in [-0.4, -0.2) is 16.5 Å². The normalized spacial score (nSPS) is 10.8. The third-order valence-electron chi connectivity index (χ3n) is 3.03. The van der Waals surface area contributed by atoms with Crippen molar-refractivity contribution in [2.24, 2.45) is 0 Å². The summed E-state index contributed by atoms with van der Waals surface area (Å²) in [7, 11) is 0. The Labute approximate surface area is 120 Å². The molecule has 0 spiro atoms. The second-order valence-electron chi connectivity index (χ2n) is 4.44. The third kappa shape index (κ3) is 2.75. The highest BCUT2D eigenvalue weighted by Gasteiger charge is 2.08. The lowest BCUT2D eigenvalue weighted by Crippen LogP contribution is -2.02. The first-order valence-electron chi connectivity index (χ1n) is 6.22. The molecule has 20 heavy (non-hydrogen) atoms. The van der Waals surface area contributed by atoms with Crippen LogP contribution in [0.3, 0.4) is 0 Å². The number of aromatic amines is 1. The van der Waals surface area contributed by atoms with E-state index >= 15 is 0 Å². The van der Waals surface area contributed by atoms with Gasteiger partial charge in [-0.05, 0) is 36.4 Å². The van der Waals surface area contributed by atoms with E-state index in [-0.39, 0.29) is 11.6 Å². The summed E-state index contributed by atoms with van der Waals surface area (Å²) in [5.74, 6) is -0.00294. The number of fused-ring (bicyclic) bond motifs is 1. The van der Waals surface area contributed by atoms with Gasteiger partial charge in [0, 0.05) is 16.5 Å². The number of para-hydroxylation sites is 1. The Bertz CT molecular complexity index is 716. The zero-order valence-corrected chi connectivity index (χ0v) is 11.4. The molecule has 0 aliphatic heterocycles. The zero-order chi connectivity index (χ0) is 13.9. The molecule has 1 aromatic heterocycles. The van der Waals surface area contributed by atoms with Crippen molar-refractivity contribution in [3.05, 3.63) is 66.0 Å². The van der Waals surface area contributed by atoms with E-state index in [0.29, 0.717) is 11.3 Å². The molecule has 0 fully saturated rings. The summed E-state index contributed by atoms with van der Waals surface area (Å²) in [6, 6.07) is 15.6. The van der Waals surface area contributed by atoms with Crippen LogP contribution in [0, 0.1) is 5.82 Å². The molecule has 1 heterocycles. The van der Waals surface area contributed by atoms with Crippen LogP contribution in [0.25, 0.3) is 10.9 Å². The predicted octanol–water partition coefficient (Wildman–Crippen LogP) is 4.28. The number of Topliss-reactive ketones (excluding diaryl/α,β-unsaturated/α-hetero) is 1. The number of carbonyl (C=O) groups is 1. The number of aromatic nitrogens is 1. The van der Waals surface area contributed by atoms with Crippen molar-refractivity contribution in [3.8, 4) is 0 Å². The van der Waals surface area contributed by atoms with Crippen LogP contribution >= 0.6 is 11.8 Å². The van der Waals surface area contributed by atoms with Gasteiger partial charge in [-0.15, -0.1) is 11.8 Å². The van der Waals surface area contributed by atoms with E-state index in [4.69, 9.17) is 0 Å². The molecule has 3 rings (SSSR count). The summed E-state index contributed by atoms with van der Waals surface area (Å²) in [5.41, 5.74) is 1.60. The van der Waals surface area contributed by atoms with Crippen molar-refractivity contribution in [3.63, 3.8) is 0 Å². The van der Waals surface area contributed by atoms with Gasteiger partial charge >= 0.3 is 0 Å². The molecule has 0 unspecified atom stereocenters. The number of rotatable bonds is 4. The molecule has 3 aromatic rings. The van der Waals surface area contributed by atoms with Crippen LogP contribution in [0.15, 0.2) is 59.6 Å². The lowest BCUT2D eigenvalue weighted by atomic mass is 10.1. The van der Waals surface area contributed by atoms with Crippen LogP contribution in [0.4, 0.5) is 4.39 Å². The molecule has 2 aromatic carbocycles. The fourth-order valence-corrected chi connectivity index (χ4v) is 2.83. The molecule has 0 saturated carbocycles. The summed E-state index contributed by atoms with van der Waals surface area (Å²) in [5, 5.41) is 2.09. The quantitative estimate of drug-likeness (QED) is 0.573. The maximum Gasteiger partial charge on any atom is 0.173 e. The molecular weight excluding hydrogens is 273 g/mol. The largest absolute Gasteiger partial charge is 0.350 e. The Kier molecular flexibility index (Phi) is 3.56. The molecule has 4 heteroatoms. The van der Waals surface area contributed by atoms with E-state index in [9.17, 15) is 9.18 Å². The monoisotopic (exact) mass is 285 g/mol. The van der Waals surface area contributed by atoms with Gasteiger partial charge in [0.15, 0.2) is 5.78 Å². The molecule has 1 N–H and O–H groups in total. The molecule has 0 atom stereocenters. The SMILES string of the molecule is O=C(CSc1cc2ccccc2[nH]1)c1ccc(F)cc1. The van der Waals surface area contributed by atoms with Gasteiger partial charge in [-0.2, -0.15) is 0 Å². The smallest absolute Gasteiger partial charge is 0.173 e. The second kappa shape index (κ2) is 5.51. The van der Waals surface area contributed by atoms with Gasteiger partial charge in [-0.25, -0.2) is 4.39 Å². The summed E-state index contributed by atoms with van der Waals surface area (Å²) >= 11 is 1.45. The fourth-order valence-electron chi connectivity index (χ4n) is 1.99. The average Bonchev–Trinajstić information content (AvgIpc) is 2.88. The first-order valence-corrected chi connectivity index (χ1v) is 7.20. The van der Waals surface area contributed by atoms with Crippen molar-refractivity contribution in [2.45, 2.75) is 5.03 Å². The van der Waals surface area contributed by atoms with Crippen molar-refractivity contribution in [2.75, 3.05) is 5.75 Å². The maximum absolute atomic E-state index is 12.8. The van der Waals surface area contributed by atoms with E-state index in [0.717, 1.165) is 15.9 Å². The number of hydrogen-bond acceptors (Lipinski definition) is 2. The lowest BCUT2D eigenvalue weighted by Gasteiger charge is -1.99. The number of halogens is 1. The minimum absolute atomic E-state index is 0.00587. The van der Waals surface area contributed by atoms with Crippen LogP contribution in [0.1, 0.15) is 10.4 Å². The summed E-state index contributed by atoms with van der Waals surface area (Å²) in [6.45, 7) is 0. The van der Waals surface area contributed by atoms with E-state index in [2.05, 4.69) is 4.98 Å². The molecule has 0 amide bonds. The van der Waals surface area contributed by atoms with Gasteiger partial charge in [0.1, 0.15) is 5.82 Å². The second-order valence-corrected chi connectivity index (χ2v) is 5.46. The highest BCUT2D eigenvalue weighted by molar-refractivity contribution is 7.99. The number of ketones is 1. The predicted molar refractivity (Wildman–Crippen MR) is 79.8 cm³/mol. The number of nitrogens with one attached hydrogen (secondary N) is 1. The number of H-pyrrole nitrogens is 1. The molecule has 0 radical (unpaired) electrons. The number of hydrogen-bond donors (Lipinski definition) is 1. The number of carbonyl (C=O) groups excluding carboxylic acids is 1. The third-order valence-corrected chi connectivity index (χ3v) is 3.97. The zero-order valence-electron chi connectivity index (χ0n) is 10.6. The Morgan fingerprint density at radius 2 is 1.85 bits per heavy atom. The average molecular weight is 285 g/mol. The first-order chi connectivity index (χ1) is 9.72. The molecule has 0 bridgehead atoms. The standard InChI is InChI=1S/C16H12FNOS/c17-13-7-5-11(6-8-13)15(19)10-20-16-9-12-3-1-2-4-14(12)18-16/h1-9,18H,10H2. The van der Waals surface area contributed by atoms with Gasteiger partial charge in [0.25, 0.3) is 0 Å².